The molecule has 0 amide bonds. The van der Waals surface area contributed by atoms with E-state index in [1.165, 1.54) is 0 Å². The van der Waals surface area contributed by atoms with E-state index in [9.17, 15) is 0 Å². The van der Waals surface area contributed by atoms with E-state index >= 15 is 0 Å². The molecule has 0 aliphatic heterocycles. The van der Waals surface area contributed by atoms with Crippen molar-refractivity contribution in [2.45, 2.75) is 159 Å². The van der Waals surface area contributed by atoms with Crippen LogP contribution in [0.25, 0.3) is 0 Å². The topological polar surface area (TPSA) is 169 Å². The Hall–Kier alpha value is -5.28. The second kappa shape index (κ2) is 26.5. The highest BCUT2D eigenvalue weighted by Crippen LogP contribution is 1.97. The maximum absolute atomic E-state index is 4.49. The lowest BCUT2D eigenvalue weighted by Gasteiger charge is -2.14. The number of nitrogens with zero attached hydrogens (tertiary/aromatic N) is 12. The van der Waals surface area contributed by atoms with Gasteiger partial charge >= 0.3 is 0 Å². The number of rotatable bonds is 8. The SMILES string of the molecule is CC(C)N=C(NC(C)C)n1ccnc1.CC(C)N=C(NC(C)C)n1ccnc1.CC(C)N=C(NC(C)C)n1ccnc1.CC(C)N=C(NC(C)C)n1ccnc1. The van der Waals surface area contributed by atoms with Gasteiger partial charge in [-0.3, -0.25) is 18.3 Å². The van der Waals surface area contributed by atoms with Gasteiger partial charge in [0.25, 0.3) is 0 Å². The Morgan fingerprint density at radius 1 is 0.339 bits per heavy atom. The first-order chi connectivity index (χ1) is 26.4. The molecule has 0 aliphatic rings. The standard InChI is InChI=1S/4C10H18N4/c4*1-8(2)12-10(13-9(3)4)14-6-5-11-7-14/h4*5-9H,1-4H3,(H,12,13). The molecule has 4 N–H and O–H groups in total. The molecule has 4 aromatic heterocycles. The summed E-state index contributed by atoms with van der Waals surface area (Å²) in [7, 11) is 0. The fourth-order valence-electron chi connectivity index (χ4n) is 4.26. The lowest BCUT2D eigenvalue weighted by Crippen LogP contribution is -2.35. The second-order valence-corrected chi connectivity index (χ2v) is 15.3. The molecule has 0 radical (unpaired) electrons. The summed E-state index contributed by atoms with van der Waals surface area (Å²) in [5.41, 5.74) is 0. The molecule has 0 saturated heterocycles. The van der Waals surface area contributed by atoms with Gasteiger partial charge in [0.15, 0.2) is 0 Å². The number of aliphatic imine (C=N–C) groups is 4. The molecule has 4 heterocycles. The van der Waals surface area contributed by atoms with E-state index in [4.69, 9.17) is 0 Å². The highest BCUT2D eigenvalue weighted by atomic mass is 15.3. The summed E-state index contributed by atoms with van der Waals surface area (Å²) >= 11 is 0. The average Bonchev–Trinajstić information content (AvgIpc) is 3.91. The van der Waals surface area contributed by atoms with Crippen LogP contribution in [0.1, 0.15) is 111 Å². The molecule has 4 aromatic rings. The van der Waals surface area contributed by atoms with E-state index < -0.39 is 0 Å². The van der Waals surface area contributed by atoms with Crippen LogP contribution in [0.5, 0.6) is 0 Å². The van der Waals surface area contributed by atoms with Crippen LogP contribution >= 0.6 is 0 Å². The van der Waals surface area contributed by atoms with E-state index in [-0.39, 0.29) is 24.2 Å². The molecule has 4 rings (SSSR count). The Morgan fingerprint density at radius 3 is 0.625 bits per heavy atom. The molecule has 0 saturated carbocycles. The zero-order valence-electron chi connectivity index (χ0n) is 36.9. The molecule has 16 nitrogen and oxygen atoms in total. The van der Waals surface area contributed by atoms with Crippen molar-refractivity contribution in [3.05, 3.63) is 74.9 Å². The molecular formula is C40H72N16. The van der Waals surface area contributed by atoms with Gasteiger partial charge in [0.1, 0.15) is 25.3 Å². The first-order valence-corrected chi connectivity index (χ1v) is 19.7. The Morgan fingerprint density at radius 2 is 0.518 bits per heavy atom. The molecule has 0 aromatic carbocycles. The van der Waals surface area contributed by atoms with Crippen molar-refractivity contribution < 1.29 is 0 Å². The van der Waals surface area contributed by atoms with Crippen LogP contribution in [-0.2, 0) is 0 Å². The first kappa shape index (κ1) is 48.7. The number of imidazole rings is 4. The van der Waals surface area contributed by atoms with Gasteiger partial charge in [0.05, 0.1) is 0 Å². The summed E-state index contributed by atoms with van der Waals surface area (Å²) in [5, 5.41) is 13.1. The zero-order valence-corrected chi connectivity index (χ0v) is 36.9. The van der Waals surface area contributed by atoms with E-state index in [2.05, 4.69) is 172 Å². The zero-order chi connectivity index (χ0) is 42.2. The van der Waals surface area contributed by atoms with Crippen molar-refractivity contribution in [1.29, 1.82) is 0 Å². The lowest BCUT2D eigenvalue weighted by atomic mass is 10.4. The minimum atomic E-state index is 0.277. The normalized spacial score (nSPS) is 12.6. The van der Waals surface area contributed by atoms with Crippen LogP contribution in [-0.4, -0.2) is 110 Å². The number of hydrogen-bond acceptors (Lipinski definition) is 8. The highest BCUT2D eigenvalue weighted by Gasteiger charge is 2.07. The highest BCUT2D eigenvalue weighted by molar-refractivity contribution is 5.83. The average molecular weight is 777 g/mol. The minimum absolute atomic E-state index is 0.277. The van der Waals surface area contributed by atoms with Crippen molar-refractivity contribution in [1.82, 2.24) is 59.5 Å². The molecule has 312 valence electrons. The predicted molar refractivity (Wildman–Crippen MR) is 234 cm³/mol. The molecule has 0 bridgehead atoms. The van der Waals surface area contributed by atoms with Crippen molar-refractivity contribution in [3.8, 4) is 0 Å². The van der Waals surface area contributed by atoms with Gasteiger partial charge in [-0.1, -0.05) is 0 Å². The third kappa shape index (κ3) is 22.2. The van der Waals surface area contributed by atoms with Crippen LogP contribution in [0.4, 0.5) is 0 Å². The van der Waals surface area contributed by atoms with Gasteiger partial charge in [-0.15, -0.1) is 0 Å². The van der Waals surface area contributed by atoms with Gasteiger partial charge in [0, 0.05) is 97.9 Å². The molecule has 0 spiro atoms. The summed E-state index contributed by atoms with van der Waals surface area (Å²) in [5.74, 6) is 3.42. The van der Waals surface area contributed by atoms with Crippen LogP contribution < -0.4 is 21.3 Å². The Kier molecular flexibility index (Phi) is 23.1. The van der Waals surface area contributed by atoms with Gasteiger partial charge in [0.2, 0.25) is 23.8 Å². The first-order valence-electron chi connectivity index (χ1n) is 19.7. The monoisotopic (exact) mass is 777 g/mol. The van der Waals surface area contributed by atoms with Gasteiger partial charge in [-0.05, 0) is 111 Å². The fourth-order valence-corrected chi connectivity index (χ4v) is 4.26. The Balaban J connectivity index is 0.000000373. The maximum atomic E-state index is 4.49. The van der Waals surface area contributed by atoms with Gasteiger partial charge in [-0.2, -0.15) is 0 Å². The summed E-state index contributed by atoms with van der Waals surface area (Å²) in [6, 6.07) is 2.59. The fraction of sp³-hybridized carbons (Fsp3) is 0.600. The lowest BCUT2D eigenvalue weighted by molar-refractivity contribution is 0.697. The van der Waals surface area contributed by atoms with Crippen molar-refractivity contribution >= 4 is 23.8 Å². The summed E-state index contributed by atoms with van der Waals surface area (Å²) < 4.78 is 7.56. The molecule has 0 fully saturated rings. The summed E-state index contributed by atoms with van der Waals surface area (Å²) in [4.78, 5) is 34.0. The van der Waals surface area contributed by atoms with E-state index in [0.717, 1.165) is 23.8 Å². The van der Waals surface area contributed by atoms with Crippen LogP contribution in [0, 0.1) is 0 Å². The number of aromatic nitrogens is 8. The molecule has 16 heteroatoms. The van der Waals surface area contributed by atoms with Crippen molar-refractivity contribution in [3.63, 3.8) is 0 Å². The van der Waals surface area contributed by atoms with Crippen LogP contribution in [0.3, 0.4) is 0 Å². The Bertz CT molecular complexity index is 1390. The third-order valence-electron chi connectivity index (χ3n) is 6.19. The van der Waals surface area contributed by atoms with Crippen molar-refractivity contribution in [2.24, 2.45) is 20.0 Å². The van der Waals surface area contributed by atoms with Crippen LogP contribution in [0.15, 0.2) is 94.9 Å². The summed E-state index contributed by atoms with van der Waals surface area (Å²) in [6.45, 7) is 33.2. The largest absolute Gasteiger partial charge is 0.353 e. The van der Waals surface area contributed by atoms with Crippen molar-refractivity contribution in [2.75, 3.05) is 0 Å². The molecule has 56 heavy (non-hydrogen) atoms. The maximum Gasteiger partial charge on any atom is 0.203 e. The van der Waals surface area contributed by atoms with Crippen LogP contribution in [0.2, 0.25) is 0 Å². The molecule has 0 unspecified atom stereocenters. The summed E-state index contributed by atoms with van der Waals surface area (Å²) in [6.07, 6.45) is 21.5. The van der Waals surface area contributed by atoms with Gasteiger partial charge < -0.3 is 21.3 Å². The molecular weight excluding hydrogens is 705 g/mol. The Labute approximate surface area is 336 Å². The molecule has 0 aliphatic carbocycles. The smallest absolute Gasteiger partial charge is 0.203 e. The predicted octanol–water partition coefficient (Wildman–Crippen LogP) is 5.97. The van der Waals surface area contributed by atoms with E-state index in [0.29, 0.717) is 24.2 Å². The third-order valence-corrected chi connectivity index (χ3v) is 6.19. The number of hydrogen-bond donors (Lipinski definition) is 4. The quantitative estimate of drug-likeness (QED) is 0.125. The van der Waals surface area contributed by atoms with Gasteiger partial charge in [-0.25, -0.2) is 39.9 Å². The second-order valence-electron chi connectivity index (χ2n) is 15.3. The minimum Gasteiger partial charge on any atom is -0.353 e. The molecule has 0 atom stereocenters. The van der Waals surface area contributed by atoms with E-state index in [1.54, 1.807) is 50.1 Å². The number of nitrogens with one attached hydrogen (secondary N) is 4. The van der Waals surface area contributed by atoms with E-state index in [1.807, 2.05) is 43.1 Å².